The monoisotopic (exact) mass is 379 g/mol. The van der Waals surface area contributed by atoms with Gasteiger partial charge in [0.15, 0.2) is 0 Å². The molecule has 4 heteroatoms. The van der Waals surface area contributed by atoms with E-state index in [1.54, 1.807) is 24.3 Å². The van der Waals surface area contributed by atoms with Gasteiger partial charge < -0.3 is 14.9 Å². The highest BCUT2D eigenvalue weighted by molar-refractivity contribution is 6.05. The third kappa shape index (κ3) is 2.84. The standard InChI is InChI=1S/C25H17NO3/c26-10-9-15-1-3-16(4-2-15)24-22-13-20(28)6-5-17(22)12-23-21-8-7-19(27)11-18(21)14-29-25(23)24/h1-8,11-13,27-28H,9,14H2. The highest BCUT2D eigenvalue weighted by Gasteiger charge is 2.24. The first-order valence-electron chi connectivity index (χ1n) is 9.35. The molecule has 0 radical (unpaired) electrons. The number of hydrogen-bond donors (Lipinski definition) is 2. The number of phenolic OH excluding ortho intramolecular Hbond substituents is 2. The van der Waals surface area contributed by atoms with Gasteiger partial charge in [0.05, 0.1) is 12.5 Å². The molecule has 1 heterocycles. The fourth-order valence-electron chi connectivity index (χ4n) is 3.99. The number of hydrogen-bond acceptors (Lipinski definition) is 4. The van der Waals surface area contributed by atoms with Gasteiger partial charge in [0.1, 0.15) is 23.9 Å². The molecule has 140 valence electrons. The first-order chi connectivity index (χ1) is 14.1. The van der Waals surface area contributed by atoms with Crippen LogP contribution in [0.1, 0.15) is 11.1 Å². The van der Waals surface area contributed by atoms with Crippen molar-refractivity contribution in [2.45, 2.75) is 13.0 Å². The summed E-state index contributed by atoms with van der Waals surface area (Å²) in [6.45, 7) is 0.362. The Kier molecular flexibility index (Phi) is 3.89. The molecule has 0 amide bonds. The number of benzene rings is 4. The van der Waals surface area contributed by atoms with Crippen LogP contribution in [0.2, 0.25) is 0 Å². The predicted molar refractivity (Wildman–Crippen MR) is 112 cm³/mol. The van der Waals surface area contributed by atoms with Crippen molar-refractivity contribution in [1.82, 2.24) is 0 Å². The smallest absolute Gasteiger partial charge is 0.136 e. The van der Waals surface area contributed by atoms with Crippen LogP contribution in [0.15, 0.2) is 66.7 Å². The summed E-state index contributed by atoms with van der Waals surface area (Å²) in [5.74, 6) is 1.17. The van der Waals surface area contributed by atoms with E-state index < -0.39 is 0 Å². The Hall–Kier alpha value is -3.97. The fourth-order valence-corrected chi connectivity index (χ4v) is 3.99. The van der Waals surface area contributed by atoms with Crippen molar-refractivity contribution >= 4 is 10.8 Å². The molecule has 4 nitrogen and oxygen atoms in total. The molecule has 0 saturated heterocycles. The van der Waals surface area contributed by atoms with Crippen molar-refractivity contribution in [2.24, 2.45) is 0 Å². The Balaban J connectivity index is 1.81. The van der Waals surface area contributed by atoms with Crippen LogP contribution >= 0.6 is 0 Å². The molecule has 0 fully saturated rings. The lowest BCUT2D eigenvalue weighted by Crippen LogP contribution is -2.07. The zero-order valence-electron chi connectivity index (χ0n) is 15.5. The van der Waals surface area contributed by atoms with Crippen LogP contribution < -0.4 is 4.74 Å². The highest BCUT2D eigenvalue weighted by Crippen LogP contribution is 2.48. The molecule has 0 saturated carbocycles. The first kappa shape index (κ1) is 17.2. The summed E-state index contributed by atoms with van der Waals surface area (Å²) in [6, 6.07) is 22.8. The van der Waals surface area contributed by atoms with Crippen molar-refractivity contribution in [3.63, 3.8) is 0 Å². The molecule has 0 spiro atoms. The van der Waals surface area contributed by atoms with E-state index in [1.807, 2.05) is 36.4 Å². The summed E-state index contributed by atoms with van der Waals surface area (Å²) in [5.41, 5.74) is 5.75. The van der Waals surface area contributed by atoms with Crippen LogP contribution in [0.3, 0.4) is 0 Å². The summed E-state index contributed by atoms with van der Waals surface area (Å²) in [4.78, 5) is 0. The van der Waals surface area contributed by atoms with Crippen LogP contribution in [-0.4, -0.2) is 10.2 Å². The maximum atomic E-state index is 10.1. The molecule has 1 aliphatic heterocycles. The molecule has 1 aliphatic rings. The van der Waals surface area contributed by atoms with Crippen LogP contribution in [0.25, 0.3) is 33.0 Å². The second-order valence-electron chi connectivity index (χ2n) is 7.20. The van der Waals surface area contributed by atoms with Crippen molar-refractivity contribution in [1.29, 1.82) is 5.26 Å². The van der Waals surface area contributed by atoms with Crippen LogP contribution in [0.4, 0.5) is 0 Å². The minimum absolute atomic E-state index is 0.195. The van der Waals surface area contributed by atoms with Gasteiger partial charge in [0, 0.05) is 16.7 Å². The quantitative estimate of drug-likeness (QED) is 0.479. The van der Waals surface area contributed by atoms with E-state index in [9.17, 15) is 10.2 Å². The van der Waals surface area contributed by atoms with Gasteiger partial charge in [-0.1, -0.05) is 36.4 Å². The van der Waals surface area contributed by atoms with Crippen molar-refractivity contribution < 1.29 is 14.9 Å². The van der Waals surface area contributed by atoms with E-state index >= 15 is 0 Å². The fraction of sp³-hybridized carbons (Fsp3) is 0.0800. The summed E-state index contributed by atoms with van der Waals surface area (Å²) in [6.07, 6.45) is 0.363. The Morgan fingerprint density at radius 1 is 0.862 bits per heavy atom. The summed E-state index contributed by atoms with van der Waals surface area (Å²) in [7, 11) is 0. The molecular formula is C25H17NO3. The molecule has 5 rings (SSSR count). The molecule has 0 atom stereocenters. The maximum absolute atomic E-state index is 10.1. The number of ether oxygens (including phenoxy) is 1. The Bertz CT molecular complexity index is 1300. The summed E-state index contributed by atoms with van der Waals surface area (Å²) in [5, 5.41) is 30.8. The minimum Gasteiger partial charge on any atom is -0.508 e. The van der Waals surface area contributed by atoms with Gasteiger partial charge in [-0.2, -0.15) is 5.26 Å². The van der Waals surface area contributed by atoms with Gasteiger partial charge in [-0.15, -0.1) is 0 Å². The van der Waals surface area contributed by atoms with Crippen molar-refractivity contribution in [2.75, 3.05) is 0 Å². The van der Waals surface area contributed by atoms with Crippen LogP contribution in [0, 0.1) is 11.3 Å². The normalized spacial score (nSPS) is 12.0. The molecule has 2 N–H and O–H groups in total. The van der Waals surface area contributed by atoms with Crippen LogP contribution in [-0.2, 0) is 13.0 Å². The van der Waals surface area contributed by atoms with E-state index in [4.69, 9.17) is 10.00 Å². The number of rotatable bonds is 2. The third-order valence-electron chi connectivity index (χ3n) is 5.35. The maximum Gasteiger partial charge on any atom is 0.136 e. The molecule has 0 unspecified atom stereocenters. The van der Waals surface area contributed by atoms with E-state index in [0.717, 1.165) is 49.9 Å². The molecule has 4 aromatic carbocycles. The Morgan fingerprint density at radius 3 is 2.41 bits per heavy atom. The van der Waals surface area contributed by atoms with Gasteiger partial charge in [-0.25, -0.2) is 0 Å². The molecule has 4 aromatic rings. The zero-order valence-corrected chi connectivity index (χ0v) is 15.5. The first-order valence-corrected chi connectivity index (χ1v) is 9.35. The van der Waals surface area contributed by atoms with Gasteiger partial charge in [0.2, 0.25) is 0 Å². The molecule has 0 aliphatic carbocycles. The second-order valence-corrected chi connectivity index (χ2v) is 7.20. The van der Waals surface area contributed by atoms with Gasteiger partial charge in [-0.05, 0) is 57.8 Å². The number of fused-ring (bicyclic) bond motifs is 4. The van der Waals surface area contributed by atoms with Crippen molar-refractivity contribution in [3.05, 3.63) is 77.9 Å². The van der Waals surface area contributed by atoms with E-state index in [1.165, 1.54) is 0 Å². The molecular weight excluding hydrogens is 362 g/mol. The largest absolute Gasteiger partial charge is 0.508 e. The second kappa shape index (κ2) is 6.57. The van der Waals surface area contributed by atoms with Crippen molar-refractivity contribution in [3.8, 4) is 45.6 Å². The zero-order chi connectivity index (χ0) is 20.0. The Morgan fingerprint density at radius 2 is 1.62 bits per heavy atom. The van der Waals surface area contributed by atoms with Crippen LogP contribution in [0.5, 0.6) is 17.2 Å². The lowest BCUT2D eigenvalue weighted by atomic mass is 9.88. The van der Waals surface area contributed by atoms with Gasteiger partial charge in [-0.3, -0.25) is 0 Å². The molecule has 29 heavy (non-hydrogen) atoms. The highest BCUT2D eigenvalue weighted by atomic mass is 16.5. The SMILES string of the molecule is N#CCc1ccc(-c2c3c(cc4ccc(O)cc24)-c2ccc(O)cc2CO3)cc1. The summed E-state index contributed by atoms with van der Waals surface area (Å²) >= 11 is 0. The number of nitrogens with zero attached hydrogens (tertiary/aromatic N) is 1. The molecule has 0 aromatic heterocycles. The summed E-state index contributed by atoms with van der Waals surface area (Å²) < 4.78 is 6.17. The van der Waals surface area contributed by atoms with Gasteiger partial charge >= 0.3 is 0 Å². The minimum atomic E-state index is 0.195. The van der Waals surface area contributed by atoms with E-state index in [2.05, 4.69) is 12.1 Å². The van der Waals surface area contributed by atoms with E-state index in [-0.39, 0.29) is 11.5 Å². The van der Waals surface area contributed by atoms with E-state index in [0.29, 0.717) is 13.0 Å². The lowest BCUT2D eigenvalue weighted by Gasteiger charge is -2.25. The Labute approximate surface area is 167 Å². The number of aromatic hydroxyl groups is 2. The van der Waals surface area contributed by atoms with Gasteiger partial charge in [0.25, 0.3) is 0 Å². The number of phenols is 2. The third-order valence-corrected chi connectivity index (χ3v) is 5.35. The average molecular weight is 379 g/mol. The molecule has 0 bridgehead atoms. The topological polar surface area (TPSA) is 73.5 Å². The number of nitriles is 1. The lowest BCUT2D eigenvalue weighted by molar-refractivity contribution is 0.303. The predicted octanol–water partition coefficient (Wildman–Crippen LogP) is 5.54. The average Bonchev–Trinajstić information content (AvgIpc) is 2.73.